The highest BCUT2D eigenvalue weighted by Crippen LogP contribution is 2.08. The summed E-state index contributed by atoms with van der Waals surface area (Å²) in [4.78, 5) is 40.8. The van der Waals surface area contributed by atoms with Crippen LogP contribution in [0.15, 0.2) is 30.3 Å². The van der Waals surface area contributed by atoms with Crippen molar-refractivity contribution in [1.29, 1.82) is 0 Å². The maximum absolute atomic E-state index is 12.4. The summed E-state index contributed by atoms with van der Waals surface area (Å²) in [6.45, 7) is 3.98. The van der Waals surface area contributed by atoms with Gasteiger partial charge in [0.05, 0.1) is 6.54 Å². The number of amides is 4. The molecule has 2 saturated heterocycles. The van der Waals surface area contributed by atoms with Crippen LogP contribution in [0.3, 0.4) is 0 Å². The van der Waals surface area contributed by atoms with E-state index in [0.29, 0.717) is 13.1 Å². The lowest BCUT2D eigenvalue weighted by atomic mass is 10.1. The summed E-state index contributed by atoms with van der Waals surface area (Å²) in [5.41, 5.74) is 1.35. The zero-order valence-corrected chi connectivity index (χ0v) is 15.0. The van der Waals surface area contributed by atoms with Crippen molar-refractivity contribution in [3.8, 4) is 0 Å². The van der Waals surface area contributed by atoms with E-state index >= 15 is 0 Å². The van der Waals surface area contributed by atoms with Crippen LogP contribution < -0.4 is 5.32 Å². The SMILES string of the molecule is O=C(CN1C(=O)CNC1=O)N1CCCN(CCCc2ccccc2)CC1. The molecule has 0 aliphatic carbocycles. The van der Waals surface area contributed by atoms with E-state index in [1.807, 2.05) is 6.07 Å². The fraction of sp³-hybridized carbons (Fsp3) is 0.526. The molecule has 7 nitrogen and oxygen atoms in total. The number of rotatable bonds is 6. The molecule has 4 amide bonds. The summed E-state index contributed by atoms with van der Waals surface area (Å²) < 4.78 is 0. The van der Waals surface area contributed by atoms with Gasteiger partial charge in [-0.05, 0) is 37.9 Å². The average molecular weight is 358 g/mol. The molecule has 7 heteroatoms. The number of aryl methyl sites for hydroxylation is 1. The topological polar surface area (TPSA) is 73.0 Å². The lowest BCUT2D eigenvalue weighted by Gasteiger charge is -2.23. The Morgan fingerprint density at radius 2 is 1.85 bits per heavy atom. The third kappa shape index (κ3) is 4.82. The molecular weight excluding hydrogens is 332 g/mol. The van der Waals surface area contributed by atoms with Gasteiger partial charge >= 0.3 is 6.03 Å². The zero-order valence-electron chi connectivity index (χ0n) is 15.0. The highest BCUT2D eigenvalue weighted by Gasteiger charge is 2.31. The molecule has 1 aromatic carbocycles. The van der Waals surface area contributed by atoms with E-state index < -0.39 is 6.03 Å². The minimum Gasteiger partial charge on any atom is -0.340 e. The monoisotopic (exact) mass is 358 g/mol. The molecule has 2 aliphatic heterocycles. The van der Waals surface area contributed by atoms with Gasteiger partial charge in [0.15, 0.2) is 0 Å². The second kappa shape index (κ2) is 8.80. The summed E-state index contributed by atoms with van der Waals surface area (Å²) in [6, 6.07) is 9.99. The van der Waals surface area contributed by atoms with E-state index in [4.69, 9.17) is 0 Å². The number of hydrogen-bond donors (Lipinski definition) is 1. The smallest absolute Gasteiger partial charge is 0.325 e. The van der Waals surface area contributed by atoms with E-state index in [2.05, 4.69) is 34.5 Å². The first kappa shape index (κ1) is 18.4. The van der Waals surface area contributed by atoms with Gasteiger partial charge in [-0.15, -0.1) is 0 Å². The van der Waals surface area contributed by atoms with Gasteiger partial charge in [0.2, 0.25) is 5.91 Å². The second-order valence-corrected chi connectivity index (χ2v) is 6.80. The van der Waals surface area contributed by atoms with E-state index in [1.165, 1.54) is 5.56 Å². The fourth-order valence-corrected chi connectivity index (χ4v) is 3.45. The van der Waals surface area contributed by atoms with E-state index in [1.54, 1.807) is 4.90 Å². The number of urea groups is 1. The first-order valence-electron chi connectivity index (χ1n) is 9.26. The highest BCUT2D eigenvalue weighted by atomic mass is 16.2. The highest BCUT2D eigenvalue weighted by molar-refractivity contribution is 6.04. The van der Waals surface area contributed by atoms with E-state index in [0.717, 1.165) is 43.8 Å². The molecule has 0 atom stereocenters. The molecule has 0 unspecified atom stereocenters. The van der Waals surface area contributed by atoms with Crippen molar-refractivity contribution in [1.82, 2.24) is 20.0 Å². The van der Waals surface area contributed by atoms with E-state index in [9.17, 15) is 14.4 Å². The predicted molar refractivity (Wildman–Crippen MR) is 97.5 cm³/mol. The van der Waals surface area contributed by atoms with Gasteiger partial charge in [-0.25, -0.2) is 4.79 Å². The molecule has 26 heavy (non-hydrogen) atoms. The zero-order chi connectivity index (χ0) is 18.4. The van der Waals surface area contributed by atoms with Gasteiger partial charge in [0, 0.05) is 19.6 Å². The summed E-state index contributed by atoms with van der Waals surface area (Å²) in [6.07, 6.45) is 3.07. The van der Waals surface area contributed by atoms with Crippen LogP contribution in [0.4, 0.5) is 4.79 Å². The number of nitrogens with one attached hydrogen (secondary N) is 1. The van der Waals surface area contributed by atoms with E-state index in [-0.39, 0.29) is 24.9 Å². The van der Waals surface area contributed by atoms with Crippen molar-refractivity contribution in [3.63, 3.8) is 0 Å². The van der Waals surface area contributed by atoms with Crippen LogP contribution in [0.1, 0.15) is 18.4 Å². The van der Waals surface area contributed by atoms with Gasteiger partial charge in [0.1, 0.15) is 6.54 Å². The largest absolute Gasteiger partial charge is 0.340 e. The predicted octanol–water partition coefficient (Wildman–Crippen LogP) is 0.705. The van der Waals surface area contributed by atoms with Gasteiger partial charge in [-0.3, -0.25) is 14.5 Å². The quantitative estimate of drug-likeness (QED) is 0.760. The van der Waals surface area contributed by atoms with Gasteiger partial charge in [-0.1, -0.05) is 30.3 Å². The molecule has 140 valence electrons. The van der Waals surface area contributed by atoms with Crippen molar-refractivity contribution in [2.75, 3.05) is 45.8 Å². The minimum absolute atomic E-state index is 0.0126. The van der Waals surface area contributed by atoms with Crippen molar-refractivity contribution < 1.29 is 14.4 Å². The Balaban J connectivity index is 1.42. The van der Waals surface area contributed by atoms with Crippen molar-refractivity contribution in [2.24, 2.45) is 0 Å². The van der Waals surface area contributed by atoms with Crippen LogP contribution in [-0.2, 0) is 16.0 Å². The number of imide groups is 1. The lowest BCUT2D eigenvalue weighted by molar-refractivity contribution is -0.136. The number of hydrogen-bond acceptors (Lipinski definition) is 4. The standard InChI is InChI=1S/C19H26N4O3/c24-17-14-20-19(26)23(17)15-18(25)22-11-5-10-21(12-13-22)9-4-8-16-6-2-1-3-7-16/h1-3,6-7H,4-5,8-15H2,(H,20,26). The van der Waals surface area contributed by atoms with Crippen molar-refractivity contribution >= 4 is 17.8 Å². The Morgan fingerprint density at radius 3 is 2.58 bits per heavy atom. The van der Waals surface area contributed by atoms with Gasteiger partial charge in [-0.2, -0.15) is 0 Å². The maximum atomic E-state index is 12.4. The van der Waals surface area contributed by atoms with Crippen LogP contribution in [0.5, 0.6) is 0 Å². The number of nitrogens with zero attached hydrogens (tertiary/aromatic N) is 3. The van der Waals surface area contributed by atoms with Crippen molar-refractivity contribution in [2.45, 2.75) is 19.3 Å². The molecule has 0 bridgehead atoms. The number of carbonyl (C=O) groups is 3. The average Bonchev–Trinajstić information content (AvgIpc) is 2.85. The Hall–Kier alpha value is -2.41. The van der Waals surface area contributed by atoms with Crippen LogP contribution in [0, 0.1) is 0 Å². The third-order valence-corrected chi connectivity index (χ3v) is 4.95. The molecule has 2 fully saturated rings. The summed E-state index contributed by atoms with van der Waals surface area (Å²) in [5, 5.41) is 2.44. The minimum atomic E-state index is -0.472. The Labute approximate surface area is 153 Å². The fourth-order valence-electron chi connectivity index (χ4n) is 3.45. The van der Waals surface area contributed by atoms with Crippen LogP contribution in [0.25, 0.3) is 0 Å². The van der Waals surface area contributed by atoms with Gasteiger partial charge in [0.25, 0.3) is 5.91 Å². The summed E-state index contributed by atoms with van der Waals surface area (Å²) in [7, 11) is 0. The molecule has 2 heterocycles. The molecule has 1 aromatic rings. The normalized spacial score (nSPS) is 18.8. The second-order valence-electron chi connectivity index (χ2n) is 6.80. The van der Waals surface area contributed by atoms with Crippen LogP contribution >= 0.6 is 0 Å². The van der Waals surface area contributed by atoms with Crippen LogP contribution in [0.2, 0.25) is 0 Å². The molecule has 0 saturated carbocycles. The molecule has 0 radical (unpaired) electrons. The Morgan fingerprint density at radius 1 is 1.04 bits per heavy atom. The summed E-state index contributed by atoms with van der Waals surface area (Å²) in [5.74, 6) is -0.484. The first-order valence-corrected chi connectivity index (χ1v) is 9.26. The maximum Gasteiger partial charge on any atom is 0.325 e. The first-order chi connectivity index (χ1) is 12.6. The Kier molecular flexibility index (Phi) is 6.22. The lowest BCUT2D eigenvalue weighted by Crippen LogP contribution is -2.44. The molecule has 0 aromatic heterocycles. The molecule has 0 spiro atoms. The molecule has 2 aliphatic rings. The number of benzene rings is 1. The van der Waals surface area contributed by atoms with Crippen LogP contribution in [-0.4, -0.2) is 78.4 Å². The molecule has 3 rings (SSSR count). The van der Waals surface area contributed by atoms with Gasteiger partial charge < -0.3 is 15.1 Å². The third-order valence-electron chi connectivity index (χ3n) is 4.95. The van der Waals surface area contributed by atoms with Crippen molar-refractivity contribution in [3.05, 3.63) is 35.9 Å². The molecule has 1 N–H and O–H groups in total. The molecular formula is C19H26N4O3. The Bertz CT molecular complexity index is 633. The number of carbonyl (C=O) groups excluding carboxylic acids is 3. The summed E-state index contributed by atoms with van der Waals surface area (Å²) >= 11 is 0.